The summed E-state index contributed by atoms with van der Waals surface area (Å²) in [5.74, 6) is 0. The van der Waals surface area contributed by atoms with Gasteiger partial charge in [0.1, 0.15) is 0 Å². The molecule has 158 valence electrons. The second-order valence-corrected chi connectivity index (χ2v) is 8.73. The minimum atomic E-state index is 0.704. The SMILES string of the molecule is Cc1ccc(/C(=C\CN2CCCC2)c2cccc(/C=C/CNC3CCCC3)n2)cc1. The van der Waals surface area contributed by atoms with Crippen molar-refractivity contribution in [3.8, 4) is 0 Å². The molecule has 1 aromatic carbocycles. The Balaban J connectivity index is 1.49. The number of hydrogen-bond acceptors (Lipinski definition) is 3. The van der Waals surface area contributed by atoms with Crippen molar-refractivity contribution >= 4 is 11.6 Å². The Morgan fingerprint density at radius 3 is 2.57 bits per heavy atom. The van der Waals surface area contributed by atoms with E-state index in [-0.39, 0.29) is 0 Å². The molecule has 3 nitrogen and oxygen atoms in total. The number of benzene rings is 1. The van der Waals surface area contributed by atoms with Crippen LogP contribution >= 0.6 is 0 Å². The summed E-state index contributed by atoms with van der Waals surface area (Å²) in [6.07, 6.45) is 14.8. The van der Waals surface area contributed by atoms with E-state index in [4.69, 9.17) is 4.98 Å². The average Bonchev–Trinajstić information content (AvgIpc) is 3.47. The zero-order valence-corrected chi connectivity index (χ0v) is 18.3. The van der Waals surface area contributed by atoms with Crippen LogP contribution in [0.5, 0.6) is 0 Å². The number of aryl methyl sites for hydroxylation is 1. The van der Waals surface area contributed by atoms with Gasteiger partial charge < -0.3 is 5.32 Å². The van der Waals surface area contributed by atoms with Crippen LogP contribution in [0.2, 0.25) is 0 Å². The summed E-state index contributed by atoms with van der Waals surface area (Å²) < 4.78 is 0. The third kappa shape index (κ3) is 5.90. The second kappa shape index (κ2) is 10.7. The number of aromatic nitrogens is 1. The lowest BCUT2D eigenvalue weighted by molar-refractivity contribution is 0.377. The highest BCUT2D eigenvalue weighted by atomic mass is 15.1. The number of nitrogens with one attached hydrogen (secondary N) is 1. The van der Waals surface area contributed by atoms with Crippen LogP contribution in [0.25, 0.3) is 11.6 Å². The molecule has 0 bridgehead atoms. The van der Waals surface area contributed by atoms with Crippen molar-refractivity contribution in [2.75, 3.05) is 26.2 Å². The van der Waals surface area contributed by atoms with Crippen molar-refractivity contribution in [3.63, 3.8) is 0 Å². The van der Waals surface area contributed by atoms with E-state index in [2.05, 4.69) is 77.8 Å². The van der Waals surface area contributed by atoms with E-state index < -0.39 is 0 Å². The van der Waals surface area contributed by atoms with Crippen molar-refractivity contribution in [3.05, 3.63) is 77.1 Å². The molecule has 2 fully saturated rings. The molecule has 1 saturated carbocycles. The minimum Gasteiger partial charge on any atom is -0.311 e. The molecule has 0 unspecified atom stereocenters. The van der Waals surface area contributed by atoms with Crippen LogP contribution in [0, 0.1) is 6.92 Å². The lowest BCUT2D eigenvalue weighted by Crippen LogP contribution is -2.25. The summed E-state index contributed by atoms with van der Waals surface area (Å²) in [5, 5.41) is 3.64. The van der Waals surface area contributed by atoms with E-state index >= 15 is 0 Å². The van der Waals surface area contributed by atoms with Crippen LogP contribution < -0.4 is 5.32 Å². The number of nitrogens with zero attached hydrogens (tertiary/aromatic N) is 2. The first-order chi connectivity index (χ1) is 14.8. The molecule has 2 heterocycles. The molecule has 0 atom stereocenters. The molecule has 1 saturated heterocycles. The smallest absolute Gasteiger partial charge is 0.0712 e. The summed E-state index contributed by atoms with van der Waals surface area (Å²) in [6.45, 7) is 6.48. The van der Waals surface area contributed by atoms with Gasteiger partial charge in [-0.25, -0.2) is 4.98 Å². The van der Waals surface area contributed by atoms with Crippen molar-refractivity contribution in [1.29, 1.82) is 0 Å². The fraction of sp³-hybridized carbons (Fsp3) is 0.444. The Labute approximate surface area is 181 Å². The maximum absolute atomic E-state index is 4.99. The van der Waals surface area contributed by atoms with Crippen molar-refractivity contribution in [1.82, 2.24) is 15.2 Å². The molecule has 1 aliphatic heterocycles. The van der Waals surface area contributed by atoms with Gasteiger partial charge in [-0.05, 0) is 69.5 Å². The molecule has 0 spiro atoms. The van der Waals surface area contributed by atoms with Crippen molar-refractivity contribution < 1.29 is 0 Å². The first kappa shape index (κ1) is 21.0. The van der Waals surface area contributed by atoms with Gasteiger partial charge in [0.05, 0.1) is 11.4 Å². The molecular weight excluding hydrogens is 366 g/mol. The molecule has 3 heteroatoms. The van der Waals surface area contributed by atoms with E-state index in [0.29, 0.717) is 6.04 Å². The molecule has 0 radical (unpaired) electrons. The summed E-state index contributed by atoms with van der Waals surface area (Å²) in [4.78, 5) is 7.52. The van der Waals surface area contributed by atoms with E-state index in [9.17, 15) is 0 Å². The Bertz CT molecular complexity index is 854. The maximum Gasteiger partial charge on any atom is 0.0712 e. The van der Waals surface area contributed by atoms with E-state index in [0.717, 1.165) is 24.5 Å². The molecule has 2 aliphatic rings. The van der Waals surface area contributed by atoms with E-state index in [1.54, 1.807) is 0 Å². The number of pyridine rings is 1. The van der Waals surface area contributed by atoms with Gasteiger partial charge in [-0.1, -0.05) is 60.9 Å². The van der Waals surface area contributed by atoms with Crippen LogP contribution in [0.4, 0.5) is 0 Å². The van der Waals surface area contributed by atoms with Gasteiger partial charge in [-0.15, -0.1) is 0 Å². The predicted molar refractivity (Wildman–Crippen MR) is 127 cm³/mol. The van der Waals surface area contributed by atoms with Crippen LogP contribution in [0.15, 0.2) is 54.6 Å². The molecule has 4 rings (SSSR count). The Kier molecular flexibility index (Phi) is 7.49. The highest BCUT2D eigenvalue weighted by Crippen LogP contribution is 2.24. The fourth-order valence-corrected chi connectivity index (χ4v) is 4.53. The normalized spacial score (nSPS) is 18.6. The number of likely N-dealkylation sites (tertiary alicyclic amines) is 1. The van der Waals surface area contributed by atoms with E-state index in [1.165, 1.54) is 68.3 Å². The topological polar surface area (TPSA) is 28.2 Å². The van der Waals surface area contributed by atoms with Crippen LogP contribution in [-0.4, -0.2) is 42.1 Å². The van der Waals surface area contributed by atoms with Gasteiger partial charge in [0.15, 0.2) is 0 Å². The van der Waals surface area contributed by atoms with Gasteiger partial charge in [0.2, 0.25) is 0 Å². The zero-order valence-electron chi connectivity index (χ0n) is 18.3. The van der Waals surface area contributed by atoms with Crippen molar-refractivity contribution in [2.24, 2.45) is 0 Å². The maximum atomic E-state index is 4.99. The molecular formula is C27H35N3. The molecule has 1 N–H and O–H groups in total. The minimum absolute atomic E-state index is 0.704. The molecule has 0 amide bonds. The highest BCUT2D eigenvalue weighted by molar-refractivity contribution is 5.78. The third-order valence-corrected chi connectivity index (χ3v) is 6.33. The molecule has 1 aromatic heterocycles. The van der Waals surface area contributed by atoms with Gasteiger partial charge >= 0.3 is 0 Å². The lowest BCUT2D eigenvalue weighted by atomic mass is 10.00. The monoisotopic (exact) mass is 401 g/mol. The first-order valence-corrected chi connectivity index (χ1v) is 11.6. The standard InChI is InChI=1S/C27H35N3/c1-22-13-15-23(16-14-22)26(17-21-30-19-4-5-20-30)27-12-6-10-25(29-27)11-7-18-28-24-8-2-3-9-24/h6-7,10-17,24,28H,2-5,8-9,18-21H2,1H3/b11-7+,26-17+. The highest BCUT2D eigenvalue weighted by Gasteiger charge is 2.13. The predicted octanol–water partition coefficient (Wildman–Crippen LogP) is 5.46. The van der Waals surface area contributed by atoms with Crippen LogP contribution in [-0.2, 0) is 0 Å². The van der Waals surface area contributed by atoms with Crippen LogP contribution in [0.3, 0.4) is 0 Å². The summed E-state index contributed by atoms with van der Waals surface area (Å²) in [7, 11) is 0. The third-order valence-electron chi connectivity index (χ3n) is 6.33. The van der Waals surface area contributed by atoms with Gasteiger partial charge in [-0.2, -0.15) is 0 Å². The summed E-state index contributed by atoms with van der Waals surface area (Å²) in [5.41, 5.74) is 5.86. The number of hydrogen-bond donors (Lipinski definition) is 1. The second-order valence-electron chi connectivity index (χ2n) is 8.73. The van der Waals surface area contributed by atoms with Gasteiger partial charge in [0, 0.05) is 24.7 Å². The average molecular weight is 402 g/mol. The number of rotatable bonds is 8. The quantitative estimate of drug-likeness (QED) is 0.636. The van der Waals surface area contributed by atoms with E-state index in [1.807, 2.05) is 0 Å². The zero-order chi connectivity index (χ0) is 20.6. The van der Waals surface area contributed by atoms with Crippen molar-refractivity contribution in [2.45, 2.75) is 51.5 Å². The summed E-state index contributed by atoms with van der Waals surface area (Å²) in [6, 6.07) is 15.9. The van der Waals surface area contributed by atoms with Gasteiger partial charge in [-0.3, -0.25) is 4.90 Å². The largest absolute Gasteiger partial charge is 0.311 e. The van der Waals surface area contributed by atoms with Gasteiger partial charge in [0.25, 0.3) is 0 Å². The molecule has 1 aliphatic carbocycles. The fourth-order valence-electron chi connectivity index (χ4n) is 4.53. The molecule has 2 aromatic rings. The Hall–Kier alpha value is -2.23. The first-order valence-electron chi connectivity index (χ1n) is 11.6. The lowest BCUT2D eigenvalue weighted by Gasteiger charge is -2.14. The Morgan fingerprint density at radius 2 is 1.80 bits per heavy atom. The van der Waals surface area contributed by atoms with Crippen LogP contribution in [0.1, 0.15) is 61.0 Å². The summed E-state index contributed by atoms with van der Waals surface area (Å²) >= 11 is 0. The Morgan fingerprint density at radius 1 is 1.03 bits per heavy atom. The molecule has 30 heavy (non-hydrogen) atoms.